The van der Waals surface area contributed by atoms with Gasteiger partial charge in [-0.3, -0.25) is 0 Å². The van der Waals surface area contributed by atoms with Gasteiger partial charge in [0.15, 0.2) is 0 Å². The third kappa shape index (κ3) is 11.2. The van der Waals surface area contributed by atoms with Gasteiger partial charge in [-0.2, -0.15) is 36.4 Å². The van der Waals surface area contributed by atoms with Gasteiger partial charge in [-0.15, -0.1) is 0 Å². The van der Waals surface area contributed by atoms with Crippen LogP contribution >= 0.6 is 0 Å². The van der Waals surface area contributed by atoms with E-state index in [1.807, 2.05) is 60.7 Å². The Morgan fingerprint density at radius 3 is 1.00 bits per heavy atom. The molecule has 0 saturated heterocycles. The standard InChI is InChI=1S/2C5H5.CO.Ta/c2*1-2-4-5-3-1;1-2;/h2*1-5H;;/q2*-1;;. The molecule has 0 aliphatic carbocycles. The van der Waals surface area contributed by atoms with Crippen molar-refractivity contribution < 1.29 is 27.0 Å². The molecular weight excluding hydrogens is 329 g/mol. The summed E-state index contributed by atoms with van der Waals surface area (Å²) in [4.78, 5) is 0. The molecule has 0 unspecified atom stereocenters. The Morgan fingerprint density at radius 2 is 0.923 bits per heavy atom. The van der Waals surface area contributed by atoms with Crippen molar-refractivity contribution in [1.82, 2.24) is 0 Å². The minimum atomic E-state index is 0. The van der Waals surface area contributed by atoms with E-state index in [9.17, 15) is 0 Å². The smallest absolute Gasteiger partial charge is 0 e. The van der Waals surface area contributed by atoms with Crippen LogP contribution in [0.3, 0.4) is 0 Å². The Hall–Kier alpha value is -0.820. The number of hydrogen-bond donors (Lipinski definition) is 0. The van der Waals surface area contributed by atoms with Crippen molar-refractivity contribution in [2.75, 3.05) is 0 Å². The molecule has 67 valence electrons. The molecule has 0 N–H and O–H groups in total. The summed E-state index contributed by atoms with van der Waals surface area (Å²) < 4.78 is 7.50. The second kappa shape index (κ2) is 13.7. The first-order valence-corrected chi connectivity index (χ1v) is 3.54. The molecule has 2 rings (SSSR count). The van der Waals surface area contributed by atoms with Gasteiger partial charge in [-0.05, 0) is 0 Å². The van der Waals surface area contributed by atoms with Crippen molar-refractivity contribution in [3.8, 4) is 0 Å². The Morgan fingerprint density at radius 1 is 0.692 bits per heavy atom. The summed E-state index contributed by atoms with van der Waals surface area (Å²) in [5.74, 6) is 0. The molecule has 0 amide bonds. The van der Waals surface area contributed by atoms with E-state index < -0.39 is 0 Å². The maximum absolute atomic E-state index is 7.50. The van der Waals surface area contributed by atoms with E-state index in [0.29, 0.717) is 0 Å². The Labute approximate surface area is 94.4 Å². The summed E-state index contributed by atoms with van der Waals surface area (Å²) in [6.45, 7) is 4.50. The van der Waals surface area contributed by atoms with Gasteiger partial charge in [-0.25, -0.2) is 24.3 Å². The molecule has 0 aromatic heterocycles. The normalized spacial score (nSPS) is 6.31. The molecule has 0 spiro atoms. The van der Waals surface area contributed by atoms with Gasteiger partial charge < -0.3 is 0 Å². The third-order valence-electron chi connectivity index (χ3n) is 1.11. The Balaban J connectivity index is 0. The van der Waals surface area contributed by atoms with E-state index in [-0.39, 0.29) is 22.4 Å². The second-order valence-electron chi connectivity index (χ2n) is 1.92. The summed E-state index contributed by atoms with van der Waals surface area (Å²) in [5.41, 5.74) is 0. The fraction of sp³-hybridized carbons (Fsp3) is 0. The van der Waals surface area contributed by atoms with Crippen molar-refractivity contribution in [1.29, 1.82) is 0 Å². The predicted molar refractivity (Wildman–Crippen MR) is 48.0 cm³/mol. The molecule has 2 heteroatoms. The maximum atomic E-state index is 7.50. The summed E-state index contributed by atoms with van der Waals surface area (Å²) >= 11 is 0. The Kier molecular flexibility index (Phi) is 15.5. The molecule has 0 bridgehead atoms. The van der Waals surface area contributed by atoms with E-state index >= 15 is 0 Å². The average Bonchev–Trinajstić information content (AvgIpc) is 2.87. The van der Waals surface area contributed by atoms with Gasteiger partial charge in [0, 0.05) is 22.4 Å². The molecule has 0 fully saturated rings. The zero-order valence-corrected chi connectivity index (χ0v) is 10.3. The van der Waals surface area contributed by atoms with Gasteiger partial charge in [0.1, 0.15) is 0 Å². The number of rotatable bonds is 0. The van der Waals surface area contributed by atoms with Crippen LogP contribution in [0.25, 0.3) is 0 Å². The molecule has 0 saturated carbocycles. The van der Waals surface area contributed by atoms with Gasteiger partial charge in [0.2, 0.25) is 0 Å². The predicted octanol–water partition coefficient (Wildman–Crippen LogP) is 2.77. The third-order valence-corrected chi connectivity index (χ3v) is 1.11. The van der Waals surface area contributed by atoms with Gasteiger partial charge in [-0.1, -0.05) is 0 Å². The van der Waals surface area contributed by atoms with Crippen LogP contribution in [0.2, 0.25) is 0 Å². The molecule has 1 nitrogen and oxygen atoms in total. The van der Waals surface area contributed by atoms with Crippen molar-refractivity contribution in [3.05, 3.63) is 67.3 Å². The van der Waals surface area contributed by atoms with E-state index in [4.69, 9.17) is 4.65 Å². The van der Waals surface area contributed by atoms with E-state index in [1.54, 1.807) is 0 Å². The molecular formula is C11H10OTa-2. The number of hydrogen-bond acceptors (Lipinski definition) is 0. The van der Waals surface area contributed by atoms with Crippen LogP contribution in [0.1, 0.15) is 0 Å². The monoisotopic (exact) mass is 339 g/mol. The minimum Gasteiger partial charge on any atom is -0.214 e. The van der Waals surface area contributed by atoms with Crippen LogP contribution in [0, 0.1) is 6.65 Å². The molecule has 2 aromatic carbocycles. The van der Waals surface area contributed by atoms with Crippen molar-refractivity contribution >= 4 is 0 Å². The summed E-state index contributed by atoms with van der Waals surface area (Å²) in [6.07, 6.45) is 0. The van der Waals surface area contributed by atoms with Gasteiger partial charge >= 0.3 is 11.3 Å². The van der Waals surface area contributed by atoms with Crippen molar-refractivity contribution in [2.24, 2.45) is 0 Å². The summed E-state index contributed by atoms with van der Waals surface area (Å²) in [7, 11) is 0. The van der Waals surface area contributed by atoms with Gasteiger partial charge in [0.25, 0.3) is 0 Å². The van der Waals surface area contributed by atoms with Crippen LogP contribution in [-0.2, 0) is 27.0 Å². The van der Waals surface area contributed by atoms with E-state index in [0.717, 1.165) is 0 Å². The SMILES string of the molecule is [C-]#[O+].[Ta].c1cc[cH-]c1.c1cc[cH-]c1. The first-order valence-electron chi connectivity index (χ1n) is 3.54. The van der Waals surface area contributed by atoms with E-state index in [2.05, 4.69) is 6.65 Å². The van der Waals surface area contributed by atoms with Crippen molar-refractivity contribution in [3.63, 3.8) is 0 Å². The fourth-order valence-electron chi connectivity index (χ4n) is 0.642. The zero-order chi connectivity index (χ0) is 9.07. The summed E-state index contributed by atoms with van der Waals surface area (Å²) in [5, 5.41) is 0. The molecule has 13 heavy (non-hydrogen) atoms. The van der Waals surface area contributed by atoms with Crippen LogP contribution in [0.15, 0.2) is 60.7 Å². The first kappa shape index (κ1) is 14.7. The Bertz CT molecular complexity index is 182. The largest absolute Gasteiger partial charge is 0.214 e. The maximum Gasteiger partial charge on any atom is 0 e. The quantitative estimate of drug-likeness (QED) is 0.520. The molecule has 1 radical (unpaired) electrons. The van der Waals surface area contributed by atoms with Gasteiger partial charge in [0.05, 0.1) is 0 Å². The fourth-order valence-corrected chi connectivity index (χ4v) is 0.642. The van der Waals surface area contributed by atoms with Crippen LogP contribution < -0.4 is 0 Å². The minimum absolute atomic E-state index is 0. The van der Waals surface area contributed by atoms with E-state index in [1.165, 1.54) is 0 Å². The molecule has 0 heterocycles. The van der Waals surface area contributed by atoms with Crippen LogP contribution in [0.5, 0.6) is 0 Å². The van der Waals surface area contributed by atoms with Crippen LogP contribution in [-0.4, -0.2) is 0 Å². The molecule has 2 aromatic rings. The summed E-state index contributed by atoms with van der Waals surface area (Å²) in [6, 6.07) is 20.0. The second-order valence-corrected chi connectivity index (χ2v) is 1.92. The van der Waals surface area contributed by atoms with Crippen molar-refractivity contribution in [2.45, 2.75) is 0 Å². The first-order chi connectivity index (χ1) is 6.00. The zero-order valence-electron chi connectivity index (χ0n) is 7.13. The van der Waals surface area contributed by atoms with Crippen LogP contribution in [0.4, 0.5) is 0 Å². The topological polar surface area (TPSA) is 19.9 Å². The molecule has 0 aliphatic heterocycles. The average molecular weight is 339 g/mol. The molecule has 0 aliphatic rings. The molecule has 0 atom stereocenters.